The lowest BCUT2D eigenvalue weighted by Gasteiger charge is -2.14. The molecular weight excluding hydrogens is 186 g/mol. The molecule has 2 aliphatic carbocycles. The van der Waals surface area contributed by atoms with Crippen molar-refractivity contribution in [2.45, 2.75) is 36.6 Å². The molecule has 2 saturated carbocycles. The fourth-order valence-corrected chi connectivity index (χ4v) is 2.27. The van der Waals surface area contributed by atoms with Gasteiger partial charge in [-0.3, -0.25) is 0 Å². The summed E-state index contributed by atoms with van der Waals surface area (Å²) < 4.78 is 0. The second-order valence-corrected chi connectivity index (χ2v) is 5.17. The average Bonchev–Trinajstić information content (AvgIpc) is 3.15. The van der Waals surface area contributed by atoms with Crippen molar-refractivity contribution in [2.24, 2.45) is 5.73 Å². The minimum absolute atomic E-state index is 0.0333. The molecule has 2 fully saturated rings. The standard InChI is InChI=1S/C13H17NO/c14-13(7-8-13)11-3-1-10(2-4-11)12(9-15)5-6-12/h1-4,15H,5-9,14H2. The van der Waals surface area contributed by atoms with E-state index in [9.17, 15) is 5.11 Å². The van der Waals surface area contributed by atoms with Crippen molar-refractivity contribution < 1.29 is 5.11 Å². The highest BCUT2D eigenvalue weighted by Crippen LogP contribution is 2.49. The number of hydrogen-bond acceptors (Lipinski definition) is 2. The largest absolute Gasteiger partial charge is 0.395 e. The number of hydrogen-bond donors (Lipinski definition) is 2. The smallest absolute Gasteiger partial charge is 0.0527 e. The monoisotopic (exact) mass is 203 g/mol. The van der Waals surface area contributed by atoms with Gasteiger partial charge >= 0.3 is 0 Å². The first-order chi connectivity index (χ1) is 7.19. The van der Waals surface area contributed by atoms with Gasteiger partial charge in [0.25, 0.3) is 0 Å². The predicted octanol–water partition coefficient (Wildman–Crippen LogP) is 1.66. The van der Waals surface area contributed by atoms with Gasteiger partial charge in [-0.25, -0.2) is 0 Å². The first-order valence-corrected chi connectivity index (χ1v) is 5.69. The third-order valence-electron chi connectivity index (χ3n) is 4.02. The Hall–Kier alpha value is -0.860. The van der Waals surface area contributed by atoms with Crippen molar-refractivity contribution in [3.63, 3.8) is 0 Å². The van der Waals surface area contributed by atoms with Crippen molar-refractivity contribution in [3.05, 3.63) is 35.4 Å². The van der Waals surface area contributed by atoms with E-state index in [4.69, 9.17) is 5.73 Å². The van der Waals surface area contributed by atoms with Crippen LogP contribution in [0.3, 0.4) is 0 Å². The Balaban J connectivity index is 1.88. The summed E-state index contributed by atoms with van der Waals surface area (Å²) in [6, 6.07) is 8.56. The molecule has 0 aliphatic heterocycles. The molecule has 2 heteroatoms. The van der Waals surface area contributed by atoms with Gasteiger partial charge in [0.1, 0.15) is 0 Å². The third-order valence-corrected chi connectivity index (χ3v) is 4.02. The van der Waals surface area contributed by atoms with Crippen molar-refractivity contribution >= 4 is 0 Å². The van der Waals surface area contributed by atoms with Crippen LogP contribution in [0, 0.1) is 0 Å². The molecule has 1 aromatic rings. The summed E-state index contributed by atoms with van der Waals surface area (Å²) >= 11 is 0. The quantitative estimate of drug-likeness (QED) is 0.784. The van der Waals surface area contributed by atoms with Gasteiger partial charge in [0.05, 0.1) is 6.61 Å². The molecule has 0 saturated heterocycles. The van der Waals surface area contributed by atoms with Gasteiger partial charge in [-0.2, -0.15) is 0 Å². The highest BCUT2D eigenvalue weighted by atomic mass is 16.3. The summed E-state index contributed by atoms with van der Waals surface area (Å²) in [5.74, 6) is 0. The minimum Gasteiger partial charge on any atom is -0.395 e. The molecule has 1 aromatic carbocycles. The van der Waals surface area contributed by atoms with Crippen LogP contribution in [-0.2, 0) is 11.0 Å². The van der Waals surface area contributed by atoms with E-state index in [0.717, 1.165) is 25.7 Å². The zero-order valence-electron chi connectivity index (χ0n) is 8.87. The molecule has 0 radical (unpaired) electrons. The molecule has 0 bridgehead atoms. The lowest BCUT2D eigenvalue weighted by atomic mass is 9.94. The molecule has 0 spiro atoms. The Bertz CT molecular complexity index is 374. The first kappa shape index (κ1) is 9.37. The van der Waals surface area contributed by atoms with Crippen LogP contribution in [0.1, 0.15) is 36.8 Å². The third kappa shape index (κ3) is 1.40. The summed E-state index contributed by atoms with van der Waals surface area (Å²) in [5.41, 5.74) is 8.71. The van der Waals surface area contributed by atoms with E-state index in [0.29, 0.717) is 0 Å². The summed E-state index contributed by atoms with van der Waals surface area (Å²) in [6.45, 7) is 0.278. The zero-order chi connectivity index (χ0) is 10.5. The molecule has 0 heterocycles. The highest BCUT2D eigenvalue weighted by Gasteiger charge is 2.44. The van der Waals surface area contributed by atoms with E-state index in [-0.39, 0.29) is 17.6 Å². The Kier molecular flexibility index (Phi) is 1.77. The molecule has 0 atom stereocenters. The number of benzene rings is 1. The van der Waals surface area contributed by atoms with Crippen LogP contribution in [0.15, 0.2) is 24.3 Å². The van der Waals surface area contributed by atoms with Crippen molar-refractivity contribution in [3.8, 4) is 0 Å². The van der Waals surface area contributed by atoms with Crippen molar-refractivity contribution in [1.29, 1.82) is 0 Å². The summed E-state index contributed by atoms with van der Waals surface area (Å²) in [5, 5.41) is 9.33. The molecule has 15 heavy (non-hydrogen) atoms. The van der Waals surface area contributed by atoms with Gasteiger partial charge < -0.3 is 10.8 Å². The molecule has 0 aromatic heterocycles. The Morgan fingerprint density at radius 2 is 1.53 bits per heavy atom. The van der Waals surface area contributed by atoms with E-state index in [1.165, 1.54) is 11.1 Å². The average molecular weight is 203 g/mol. The molecule has 2 nitrogen and oxygen atoms in total. The normalized spacial score (nSPS) is 24.9. The van der Waals surface area contributed by atoms with Crippen LogP contribution in [0.4, 0.5) is 0 Å². The van der Waals surface area contributed by atoms with E-state index in [1.807, 2.05) is 0 Å². The molecule has 2 aliphatic rings. The van der Waals surface area contributed by atoms with Crippen LogP contribution in [0.2, 0.25) is 0 Å². The van der Waals surface area contributed by atoms with Gasteiger partial charge in [-0.15, -0.1) is 0 Å². The second kappa shape index (κ2) is 2.83. The number of rotatable bonds is 3. The van der Waals surface area contributed by atoms with Gasteiger partial charge in [-0.1, -0.05) is 24.3 Å². The van der Waals surface area contributed by atoms with Crippen LogP contribution < -0.4 is 5.73 Å². The predicted molar refractivity (Wildman–Crippen MR) is 59.5 cm³/mol. The lowest BCUT2D eigenvalue weighted by molar-refractivity contribution is 0.255. The number of nitrogens with two attached hydrogens (primary N) is 1. The maximum absolute atomic E-state index is 9.33. The molecular formula is C13H17NO. The minimum atomic E-state index is -0.0333. The maximum Gasteiger partial charge on any atom is 0.0527 e. The molecule has 3 N–H and O–H groups in total. The van der Waals surface area contributed by atoms with Gasteiger partial charge in [0.15, 0.2) is 0 Å². The van der Waals surface area contributed by atoms with E-state index >= 15 is 0 Å². The molecule has 0 amide bonds. The molecule has 3 rings (SSSR count). The topological polar surface area (TPSA) is 46.2 Å². The Morgan fingerprint density at radius 3 is 1.93 bits per heavy atom. The number of aliphatic hydroxyl groups excluding tert-OH is 1. The molecule has 0 unspecified atom stereocenters. The van der Waals surface area contributed by atoms with Gasteiger partial charge in [0.2, 0.25) is 0 Å². The van der Waals surface area contributed by atoms with Crippen LogP contribution in [-0.4, -0.2) is 11.7 Å². The van der Waals surface area contributed by atoms with Crippen LogP contribution >= 0.6 is 0 Å². The van der Waals surface area contributed by atoms with Gasteiger partial charge in [0, 0.05) is 11.0 Å². The Labute approximate surface area is 90.1 Å². The highest BCUT2D eigenvalue weighted by molar-refractivity contribution is 5.37. The Morgan fingerprint density at radius 1 is 1.00 bits per heavy atom. The fraction of sp³-hybridized carbons (Fsp3) is 0.538. The van der Waals surface area contributed by atoms with Crippen molar-refractivity contribution in [2.75, 3.05) is 6.61 Å². The second-order valence-electron chi connectivity index (χ2n) is 5.17. The maximum atomic E-state index is 9.33. The van der Waals surface area contributed by atoms with E-state index in [2.05, 4.69) is 24.3 Å². The summed E-state index contributed by atoms with van der Waals surface area (Å²) in [7, 11) is 0. The zero-order valence-corrected chi connectivity index (χ0v) is 8.87. The first-order valence-electron chi connectivity index (χ1n) is 5.69. The SMILES string of the molecule is NC1(c2ccc(C3(CO)CC3)cc2)CC1. The van der Waals surface area contributed by atoms with Crippen LogP contribution in [0.25, 0.3) is 0 Å². The molecule has 80 valence electrons. The van der Waals surface area contributed by atoms with E-state index < -0.39 is 0 Å². The summed E-state index contributed by atoms with van der Waals surface area (Å²) in [4.78, 5) is 0. The van der Waals surface area contributed by atoms with Crippen LogP contribution in [0.5, 0.6) is 0 Å². The lowest BCUT2D eigenvalue weighted by Crippen LogP contribution is -2.19. The van der Waals surface area contributed by atoms with E-state index in [1.54, 1.807) is 0 Å². The van der Waals surface area contributed by atoms with Gasteiger partial charge in [-0.05, 0) is 36.8 Å². The fourth-order valence-electron chi connectivity index (χ4n) is 2.27. The van der Waals surface area contributed by atoms with Crippen molar-refractivity contribution in [1.82, 2.24) is 0 Å². The number of aliphatic hydroxyl groups is 1. The summed E-state index contributed by atoms with van der Waals surface area (Å²) in [6.07, 6.45) is 4.46.